The average molecular weight is 486 g/mol. The van der Waals surface area contributed by atoms with Crippen molar-refractivity contribution in [3.63, 3.8) is 0 Å². The van der Waals surface area contributed by atoms with Crippen molar-refractivity contribution in [2.45, 2.75) is 20.1 Å². The fourth-order valence-corrected chi connectivity index (χ4v) is 4.69. The van der Waals surface area contributed by atoms with Crippen LogP contribution in [-0.4, -0.2) is 62.6 Å². The highest BCUT2D eigenvalue weighted by atomic mass is 16.3. The Kier molecular flexibility index (Phi) is 6.58. The number of nitrogens with zero attached hydrogens (tertiary/aromatic N) is 6. The molecule has 0 amide bonds. The zero-order valence-corrected chi connectivity index (χ0v) is 20.7. The molecule has 1 saturated heterocycles. The summed E-state index contributed by atoms with van der Waals surface area (Å²) < 4.78 is 3.33. The highest BCUT2D eigenvalue weighted by Gasteiger charge is 2.18. The number of likely N-dealkylation sites (N-methyl/N-ethyl adjacent to an activating group) is 1. The van der Waals surface area contributed by atoms with E-state index in [9.17, 15) is 9.90 Å². The van der Waals surface area contributed by atoms with Crippen LogP contribution >= 0.6 is 0 Å². The molecule has 1 aliphatic rings. The quantitative estimate of drug-likeness (QED) is 0.389. The second-order valence-electron chi connectivity index (χ2n) is 9.16. The Hall–Kier alpha value is -3.95. The van der Waals surface area contributed by atoms with Crippen molar-refractivity contribution in [3.05, 3.63) is 82.8 Å². The molecule has 0 radical (unpaired) electrons. The number of anilines is 3. The van der Waals surface area contributed by atoms with Gasteiger partial charge in [0.05, 0.1) is 18.8 Å². The SMILES string of the molecule is C=CCn1c(=O)c2cnc(Nc3ccc(N4CCN(C)CC4)c(C)c3)nc2n1-c1cccc(CO)c1. The van der Waals surface area contributed by atoms with Crippen LogP contribution in [0.5, 0.6) is 0 Å². The maximum absolute atomic E-state index is 13.1. The maximum Gasteiger partial charge on any atom is 0.278 e. The summed E-state index contributed by atoms with van der Waals surface area (Å²) in [4.78, 5) is 27.0. The summed E-state index contributed by atoms with van der Waals surface area (Å²) in [5.41, 5.74) is 5.07. The monoisotopic (exact) mass is 485 g/mol. The lowest BCUT2D eigenvalue weighted by Crippen LogP contribution is -2.44. The van der Waals surface area contributed by atoms with Gasteiger partial charge in [0.2, 0.25) is 5.95 Å². The van der Waals surface area contributed by atoms with E-state index in [1.54, 1.807) is 21.6 Å². The van der Waals surface area contributed by atoms with Crippen molar-refractivity contribution >= 4 is 28.4 Å². The van der Waals surface area contributed by atoms with Crippen LogP contribution in [0.15, 0.2) is 66.1 Å². The van der Waals surface area contributed by atoms with Crippen LogP contribution in [0.2, 0.25) is 0 Å². The number of benzene rings is 2. The fourth-order valence-electron chi connectivity index (χ4n) is 4.69. The third-order valence-electron chi connectivity index (χ3n) is 6.61. The molecule has 2 aromatic heterocycles. The molecule has 0 unspecified atom stereocenters. The molecule has 0 atom stereocenters. The van der Waals surface area contributed by atoms with E-state index < -0.39 is 0 Å². The third kappa shape index (κ3) is 4.50. The Balaban J connectivity index is 1.50. The van der Waals surface area contributed by atoms with Gasteiger partial charge in [-0.1, -0.05) is 18.2 Å². The smallest absolute Gasteiger partial charge is 0.278 e. The lowest BCUT2D eigenvalue weighted by atomic mass is 10.1. The molecular weight excluding hydrogens is 454 g/mol. The van der Waals surface area contributed by atoms with Gasteiger partial charge in [-0.15, -0.1) is 6.58 Å². The van der Waals surface area contributed by atoms with Crippen molar-refractivity contribution in [1.82, 2.24) is 24.2 Å². The molecule has 1 aliphatic heterocycles. The number of nitrogens with one attached hydrogen (secondary N) is 1. The molecule has 2 N–H and O–H groups in total. The molecule has 0 bridgehead atoms. The zero-order valence-electron chi connectivity index (χ0n) is 20.7. The van der Waals surface area contributed by atoms with Crippen LogP contribution < -0.4 is 15.8 Å². The van der Waals surface area contributed by atoms with Gasteiger partial charge in [-0.05, 0) is 55.4 Å². The van der Waals surface area contributed by atoms with E-state index >= 15 is 0 Å². The van der Waals surface area contributed by atoms with Crippen molar-refractivity contribution in [1.29, 1.82) is 0 Å². The number of hydrogen-bond donors (Lipinski definition) is 2. The molecule has 9 nitrogen and oxygen atoms in total. The van der Waals surface area contributed by atoms with Gasteiger partial charge in [0.1, 0.15) is 5.39 Å². The van der Waals surface area contributed by atoms with Gasteiger partial charge in [0.25, 0.3) is 5.56 Å². The molecule has 0 spiro atoms. The van der Waals surface area contributed by atoms with Crippen molar-refractivity contribution in [2.24, 2.45) is 0 Å². The molecule has 186 valence electrons. The van der Waals surface area contributed by atoms with Crippen molar-refractivity contribution in [2.75, 3.05) is 43.4 Å². The van der Waals surface area contributed by atoms with Crippen LogP contribution in [0.25, 0.3) is 16.7 Å². The van der Waals surface area contributed by atoms with Gasteiger partial charge >= 0.3 is 0 Å². The minimum atomic E-state index is -0.196. The summed E-state index contributed by atoms with van der Waals surface area (Å²) in [7, 11) is 2.16. The van der Waals surface area contributed by atoms with E-state index in [-0.39, 0.29) is 12.2 Å². The standard InChI is InChI=1S/C27H31N7O2/c1-4-10-33-26(36)23-17-28-27(30-25(23)34(33)22-7-5-6-20(16-22)18-35)29-21-8-9-24(19(2)15-21)32-13-11-31(3)12-14-32/h4-9,15-17,35H,1,10-14,18H2,2-3H3,(H,28,29,30). The van der Waals surface area contributed by atoms with Gasteiger partial charge in [0.15, 0.2) is 5.65 Å². The zero-order chi connectivity index (χ0) is 25.2. The lowest BCUT2D eigenvalue weighted by molar-refractivity contribution is 0.282. The molecule has 9 heteroatoms. The number of hydrogen-bond acceptors (Lipinski definition) is 7. The van der Waals surface area contributed by atoms with Gasteiger partial charge in [0, 0.05) is 43.8 Å². The normalized spacial score (nSPS) is 14.4. The van der Waals surface area contributed by atoms with Crippen LogP contribution in [0, 0.1) is 6.92 Å². The lowest BCUT2D eigenvalue weighted by Gasteiger charge is -2.35. The van der Waals surface area contributed by atoms with Gasteiger partial charge < -0.3 is 20.2 Å². The first-order valence-electron chi connectivity index (χ1n) is 12.1. The highest BCUT2D eigenvalue weighted by Crippen LogP contribution is 2.26. The number of fused-ring (bicyclic) bond motifs is 1. The van der Waals surface area contributed by atoms with E-state index in [0.29, 0.717) is 23.5 Å². The van der Waals surface area contributed by atoms with Crippen LogP contribution in [0.3, 0.4) is 0 Å². The Morgan fingerprint density at radius 2 is 1.94 bits per heavy atom. The second kappa shape index (κ2) is 9.96. The van der Waals surface area contributed by atoms with Crippen molar-refractivity contribution in [3.8, 4) is 5.69 Å². The van der Waals surface area contributed by atoms with Crippen LogP contribution in [0.1, 0.15) is 11.1 Å². The van der Waals surface area contributed by atoms with E-state index in [2.05, 4.69) is 52.8 Å². The summed E-state index contributed by atoms with van der Waals surface area (Å²) in [5.74, 6) is 0.400. The predicted octanol–water partition coefficient (Wildman–Crippen LogP) is 3.06. The summed E-state index contributed by atoms with van der Waals surface area (Å²) in [6.07, 6.45) is 3.23. The Morgan fingerprint density at radius 3 is 2.67 bits per heavy atom. The predicted molar refractivity (Wildman–Crippen MR) is 143 cm³/mol. The minimum Gasteiger partial charge on any atom is -0.392 e. The largest absolute Gasteiger partial charge is 0.392 e. The number of aliphatic hydroxyl groups is 1. The summed E-state index contributed by atoms with van der Waals surface area (Å²) in [6.45, 7) is 10.3. The molecule has 2 aromatic carbocycles. The first-order chi connectivity index (χ1) is 17.5. The number of rotatable bonds is 7. The molecule has 1 fully saturated rings. The molecule has 4 aromatic rings. The first-order valence-corrected chi connectivity index (χ1v) is 12.1. The molecule has 0 aliphatic carbocycles. The minimum absolute atomic E-state index is 0.0933. The number of piperazine rings is 1. The molecular formula is C27H31N7O2. The Morgan fingerprint density at radius 1 is 1.14 bits per heavy atom. The summed E-state index contributed by atoms with van der Waals surface area (Å²) in [6, 6.07) is 13.7. The molecule has 3 heterocycles. The second-order valence-corrected chi connectivity index (χ2v) is 9.16. The van der Waals surface area contributed by atoms with E-state index in [1.807, 2.05) is 30.3 Å². The van der Waals surface area contributed by atoms with Crippen molar-refractivity contribution < 1.29 is 5.11 Å². The van der Waals surface area contributed by atoms with Gasteiger partial charge in [-0.2, -0.15) is 4.98 Å². The number of allylic oxidation sites excluding steroid dienone is 1. The molecule has 5 rings (SSSR count). The third-order valence-corrected chi connectivity index (χ3v) is 6.61. The Bertz CT molecular complexity index is 1470. The maximum atomic E-state index is 13.1. The number of aryl methyl sites for hydroxylation is 1. The molecule has 36 heavy (non-hydrogen) atoms. The average Bonchev–Trinajstić information content (AvgIpc) is 3.16. The fraction of sp³-hybridized carbons (Fsp3) is 0.296. The number of aromatic nitrogens is 4. The van der Waals surface area contributed by atoms with Gasteiger partial charge in [-0.25, -0.2) is 14.3 Å². The highest BCUT2D eigenvalue weighted by molar-refractivity contribution is 5.77. The first kappa shape index (κ1) is 23.8. The van der Waals surface area contributed by atoms with Crippen LogP contribution in [-0.2, 0) is 13.2 Å². The summed E-state index contributed by atoms with van der Waals surface area (Å²) >= 11 is 0. The topological polar surface area (TPSA) is 91.5 Å². The Labute approximate surface area is 209 Å². The van der Waals surface area contributed by atoms with E-state index in [4.69, 9.17) is 4.98 Å². The van der Waals surface area contributed by atoms with Crippen LogP contribution in [0.4, 0.5) is 17.3 Å². The van der Waals surface area contributed by atoms with E-state index in [0.717, 1.165) is 43.1 Å². The molecule has 0 saturated carbocycles. The van der Waals surface area contributed by atoms with E-state index in [1.165, 1.54) is 11.3 Å². The van der Waals surface area contributed by atoms with Gasteiger partial charge in [-0.3, -0.25) is 4.79 Å². The number of aliphatic hydroxyl groups excluding tert-OH is 1. The summed E-state index contributed by atoms with van der Waals surface area (Å²) in [5, 5.41) is 13.3.